The molecule has 1 saturated carbocycles. The molecule has 1 aliphatic carbocycles. The first kappa shape index (κ1) is 16.8. The average Bonchev–Trinajstić information content (AvgIpc) is 3.27. The maximum atomic E-state index is 13.3. The molecule has 4 aliphatic rings. The summed E-state index contributed by atoms with van der Waals surface area (Å²) in [5.41, 5.74) is -0.199. The van der Waals surface area contributed by atoms with Crippen LogP contribution < -0.4 is 10.6 Å². The highest BCUT2D eigenvalue weighted by molar-refractivity contribution is 5.86. The molecule has 24 heavy (non-hydrogen) atoms. The third-order valence-corrected chi connectivity index (χ3v) is 6.87. The van der Waals surface area contributed by atoms with Crippen molar-refractivity contribution in [3.05, 3.63) is 0 Å². The van der Waals surface area contributed by atoms with Crippen LogP contribution in [0.4, 0.5) is 0 Å². The average molecular weight is 335 g/mol. The van der Waals surface area contributed by atoms with Crippen LogP contribution in [0.5, 0.6) is 0 Å². The molecule has 4 fully saturated rings. The van der Waals surface area contributed by atoms with Crippen molar-refractivity contribution in [3.8, 4) is 0 Å². The van der Waals surface area contributed by atoms with E-state index in [1.165, 1.54) is 32.1 Å². The second kappa shape index (κ2) is 6.93. The van der Waals surface area contributed by atoms with Crippen LogP contribution in [-0.2, 0) is 9.53 Å². The number of likely N-dealkylation sites (tertiary alicyclic amines) is 1. The van der Waals surface area contributed by atoms with Crippen molar-refractivity contribution in [1.82, 2.24) is 15.5 Å². The van der Waals surface area contributed by atoms with E-state index in [1.54, 1.807) is 0 Å². The Hall–Kier alpha value is -0.650. The lowest BCUT2D eigenvalue weighted by molar-refractivity contribution is -0.136. The standard InChI is InChI=1S/C19H33N3O2/c23-17(19(6-2-1-3-7-19)22-12-4-5-13-22)21-16-14-18(24-15-16)8-10-20-11-9-18/h16,20H,1-15H2,(H,21,23). The largest absolute Gasteiger partial charge is 0.373 e. The SMILES string of the molecule is O=C(NC1COC2(CCNCC2)C1)C1(N2CCCC2)CCCCC1. The summed E-state index contributed by atoms with van der Waals surface area (Å²) in [6.07, 6.45) is 11.4. The summed E-state index contributed by atoms with van der Waals surface area (Å²) >= 11 is 0. The molecule has 0 bridgehead atoms. The van der Waals surface area contributed by atoms with Gasteiger partial charge in [-0.15, -0.1) is 0 Å². The topological polar surface area (TPSA) is 53.6 Å². The highest BCUT2D eigenvalue weighted by Crippen LogP contribution is 2.38. The number of piperidine rings is 1. The number of rotatable bonds is 3. The number of carbonyl (C=O) groups is 1. The lowest BCUT2D eigenvalue weighted by atomic mass is 9.79. The summed E-state index contributed by atoms with van der Waals surface area (Å²) in [5, 5.41) is 6.82. The van der Waals surface area contributed by atoms with Crippen LogP contribution in [0.2, 0.25) is 0 Å². The highest BCUT2D eigenvalue weighted by atomic mass is 16.5. The third-order valence-electron chi connectivity index (χ3n) is 6.87. The Labute approximate surface area is 145 Å². The lowest BCUT2D eigenvalue weighted by Crippen LogP contribution is -2.60. The van der Waals surface area contributed by atoms with E-state index in [2.05, 4.69) is 15.5 Å². The van der Waals surface area contributed by atoms with Gasteiger partial charge in [0, 0.05) is 0 Å². The number of hydrogen-bond acceptors (Lipinski definition) is 4. The molecule has 0 aromatic heterocycles. The van der Waals surface area contributed by atoms with Crippen LogP contribution in [0.25, 0.3) is 0 Å². The van der Waals surface area contributed by atoms with Gasteiger partial charge in [0.05, 0.1) is 18.2 Å². The number of nitrogens with one attached hydrogen (secondary N) is 2. The van der Waals surface area contributed by atoms with Gasteiger partial charge in [0.15, 0.2) is 0 Å². The van der Waals surface area contributed by atoms with Gasteiger partial charge in [0.25, 0.3) is 0 Å². The maximum Gasteiger partial charge on any atom is 0.240 e. The van der Waals surface area contributed by atoms with Gasteiger partial charge >= 0.3 is 0 Å². The van der Waals surface area contributed by atoms with Crippen molar-refractivity contribution in [2.24, 2.45) is 0 Å². The molecule has 0 radical (unpaired) electrons. The van der Waals surface area contributed by atoms with Crippen LogP contribution in [0, 0.1) is 0 Å². The van der Waals surface area contributed by atoms with Crippen molar-refractivity contribution in [2.45, 2.75) is 81.4 Å². The van der Waals surface area contributed by atoms with Gasteiger partial charge in [0.1, 0.15) is 5.54 Å². The molecule has 3 heterocycles. The van der Waals surface area contributed by atoms with Gasteiger partial charge in [-0.25, -0.2) is 0 Å². The first-order chi connectivity index (χ1) is 11.7. The monoisotopic (exact) mass is 335 g/mol. The lowest BCUT2D eigenvalue weighted by Gasteiger charge is -2.43. The van der Waals surface area contributed by atoms with Crippen LogP contribution in [0.15, 0.2) is 0 Å². The molecule has 136 valence electrons. The molecule has 2 N–H and O–H groups in total. The Morgan fingerprint density at radius 3 is 2.42 bits per heavy atom. The van der Waals surface area contributed by atoms with Crippen LogP contribution >= 0.6 is 0 Å². The minimum atomic E-state index is -0.224. The van der Waals surface area contributed by atoms with Crippen LogP contribution in [0.1, 0.15) is 64.2 Å². The molecule has 1 unspecified atom stereocenters. The fraction of sp³-hybridized carbons (Fsp3) is 0.947. The highest BCUT2D eigenvalue weighted by Gasteiger charge is 2.48. The zero-order valence-electron chi connectivity index (χ0n) is 14.9. The first-order valence-electron chi connectivity index (χ1n) is 10.1. The zero-order valence-corrected chi connectivity index (χ0v) is 14.9. The Morgan fingerprint density at radius 2 is 1.71 bits per heavy atom. The van der Waals surface area contributed by atoms with Crippen LogP contribution in [0.3, 0.4) is 0 Å². The maximum absolute atomic E-state index is 13.3. The number of nitrogens with zero attached hydrogens (tertiary/aromatic N) is 1. The fourth-order valence-electron chi connectivity index (χ4n) is 5.46. The molecule has 5 nitrogen and oxygen atoms in total. The van der Waals surface area contributed by atoms with E-state index < -0.39 is 0 Å². The predicted molar refractivity (Wildman–Crippen MR) is 94.0 cm³/mol. The molecule has 1 atom stereocenters. The first-order valence-corrected chi connectivity index (χ1v) is 10.1. The summed E-state index contributed by atoms with van der Waals surface area (Å²) in [5.74, 6) is 0.295. The van der Waals surface area contributed by atoms with E-state index in [4.69, 9.17) is 4.74 Å². The van der Waals surface area contributed by atoms with E-state index in [9.17, 15) is 4.79 Å². The van der Waals surface area contributed by atoms with Gasteiger partial charge in [-0.1, -0.05) is 19.3 Å². The molecule has 1 amide bonds. The Morgan fingerprint density at radius 1 is 1.00 bits per heavy atom. The van der Waals surface area contributed by atoms with Gasteiger partial charge in [-0.2, -0.15) is 0 Å². The van der Waals surface area contributed by atoms with E-state index in [0.29, 0.717) is 12.5 Å². The summed E-state index contributed by atoms with van der Waals surface area (Å²) in [7, 11) is 0. The van der Waals surface area contributed by atoms with E-state index in [1.807, 2.05) is 0 Å². The van der Waals surface area contributed by atoms with Crippen molar-refractivity contribution >= 4 is 5.91 Å². The third kappa shape index (κ3) is 3.11. The number of amides is 1. The molecule has 0 aromatic carbocycles. The molecule has 5 heteroatoms. The molecule has 0 aromatic rings. The molecule has 3 saturated heterocycles. The molecule has 1 spiro atoms. The summed E-state index contributed by atoms with van der Waals surface area (Å²) in [6.45, 7) is 4.98. The van der Waals surface area contributed by atoms with Gasteiger partial charge < -0.3 is 15.4 Å². The van der Waals surface area contributed by atoms with Gasteiger partial charge in [-0.05, 0) is 71.1 Å². The smallest absolute Gasteiger partial charge is 0.240 e. The summed E-state index contributed by atoms with van der Waals surface area (Å²) in [6, 6.07) is 0.206. The fourth-order valence-corrected chi connectivity index (χ4v) is 5.46. The van der Waals surface area contributed by atoms with E-state index in [-0.39, 0.29) is 17.2 Å². The van der Waals surface area contributed by atoms with Crippen molar-refractivity contribution < 1.29 is 9.53 Å². The van der Waals surface area contributed by atoms with Gasteiger partial charge in [0.2, 0.25) is 5.91 Å². The zero-order chi connectivity index (χ0) is 16.5. The predicted octanol–water partition coefficient (Wildman–Crippen LogP) is 1.81. The second-order valence-corrected chi connectivity index (χ2v) is 8.40. The summed E-state index contributed by atoms with van der Waals surface area (Å²) in [4.78, 5) is 15.8. The Kier molecular flexibility index (Phi) is 4.85. The number of ether oxygens (including phenoxy) is 1. The van der Waals surface area contributed by atoms with E-state index in [0.717, 1.165) is 58.3 Å². The van der Waals surface area contributed by atoms with Crippen LogP contribution in [-0.4, -0.2) is 60.8 Å². The quantitative estimate of drug-likeness (QED) is 0.826. The van der Waals surface area contributed by atoms with Gasteiger partial charge in [-0.3, -0.25) is 9.69 Å². The summed E-state index contributed by atoms with van der Waals surface area (Å²) < 4.78 is 6.17. The van der Waals surface area contributed by atoms with Crippen molar-refractivity contribution in [2.75, 3.05) is 32.8 Å². The minimum absolute atomic E-state index is 0.0244. The molecule has 4 rings (SSSR count). The normalized spacial score (nSPS) is 32.9. The second-order valence-electron chi connectivity index (χ2n) is 8.40. The van der Waals surface area contributed by atoms with Crippen molar-refractivity contribution in [1.29, 1.82) is 0 Å². The molecular weight excluding hydrogens is 302 g/mol. The Bertz CT molecular complexity index is 450. The van der Waals surface area contributed by atoms with Crippen molar-refractivity contribution in [3.63, 3.8) is 0 Å². The number of hydrogen-bond donors (Lipinski definition) is 2. The molecule has 3 aliphatic heterocycles. The number of carbonyl (C=O) groups excluding carboxylic acids is 1. The molecular formula is C19H33N3O2. The Balaban J connectivity index is 1.42. The minimum Gasteiger partial charge on any atom is -0.373 e. The van der Waals surface area contributed by atoms with E-state index >= 15 is 0 Å².